The molecule has 5 aromatic rings. The molecule has 3 aromatic heterocycles. The number of aliphatic carboxylic acids is 1. The van der Waals surface area contributed by atoms with Crippen molar-refractivity contribution in [2.45, 2.75) is 58.9 Å². The van der Waals surface area contributed by atoms with Gasteiger partial charge in [0.15, 0.2) is 0 Å². The standard InChI is InChI=1S/C53H72N12O9/c1-4-21-57-46(66)33-62(25-17-40-29-58-44-15-8-6-13-42(40)44)51(71)36-61(24-5-2)50(70)37-63(26-18-41-30-59-45-16-9-7-14-43(41)45)49(69)34-60(3)48(68)35-64(27-19-53(73)74)52(72)38-65(32-39-12-10-22-55-28-39)47(67)31-56-23-11-20-54/h6-10,12-16,22,28-30,56,58-59H,4-5,11,17-21,23-27,31-38,54H2,1-3H3,(H,57,66)(H,73,74). The van der Waals surface area contributed by atoms with Crippen molar-refractivity contribution in [1.82, 2.24) is 55.0 Å². The first-order chi connectivity index (χ1) is 35.7. The zero-order valence-corrected chi connectivity index (χ0v) is 42.9. The quantitative estimate of drug-likeness (QED) is 0.0338. The van der Waals surface area contributed by atoms with Crippen LogP contribution < -0.4 is 16.4 Å². The van der Waals surface area contributed by atoms with Crippen LogP contribution in [0.1, 0.15) is 56.2 Å². The number of hydrogen-bond acceptors (Lipinski definition) is 11. The van der Waals surface area contributed by atoms with Crippen LogP contribution >= 0.6 is 0 Å². The van der Waals surface area contributed by atoms with Gasteiger partial charge in [0, 0.05) is 92.9 Å². The Bertz CT molecular complexity index is 2660. The van der Waals surface area contributed by atoms with Crippen molar-refractivity contribution in [2.75, 3.05) is 98.7 Å². The Morgan fingerprint density at radius 3 is 1.70 bits per heavy atom. The molecule has 0 saturated heterocycles. The third-order valence-electron chi connectivity index (χ3n) is 12.4. The molecule has 0 bridgehead atoms. The summed E-state index contributed by atoms with van der Waals surface area (Å²) in [4.78, 5) is 127. The lowest BCUT2D eigenvalue weighted by molar-refractivity contribution is -0.148. The summed E-state index contributed by atoms with van der Waals surface area (Å²) in [5.41, 5.74) is 9.93. The molecule has 3 heterocycles. The molecule has 0 aliphatic heterocycles. The number of carbonyl (C=O) groups excluding carboxylic acids is 7. The zero-order chi connectivity index (χ0) is 53.4. The molecule has 0 fully saturated rings. The molecule has 21 nitrogen and oxygen atoms in total. The van der Waals surface area contributed by atoms with Crippen LogP contribution in [-0.4, -0.2) is 195 Å². The number of H-pyrrole nitrogens is 2. The number of rotatable bonds is 32. The van der Waals surface area contributed by atoms with Gasteiger partial charge in [0.05, 0.1) is 45.7 Å². The number of para-hydroxylation sites is 2. The highest BCUT2D eigenvalue weighted by Crippen LogP contribution is 2.20. The Morgan fingerprint density at radius 2 is 1.15 bits per heavy atom. The molecule has 74 heavy (non-hydrogen) atoms. The summed E-state index contributed by atoms with van der Waals surface area (Å²) in [5, 5.41) is 17.4. The first kappa shape index (κ1) is 57.3. The number of nitrogens with zero attached hydrogens (tertiary/aromatic N) is 7. The molecule has 0 aliphatic rings. The van der Waals surface area contributed by atoms with E-state index in [1.807, 2.05) is 74.8 Å². The van der Waals surface area contributed by atoms with Gasteiger partial charge in [-0.3, -0.25) is 43.3 Å². The van der Waals surface area contributed by atoms with E-state index in [1.165, 1.54) is 26.6 Å². The van der Waals surface area contributed by atoms with E-state index in [0.29, 0.717) is 57.3 Å². The van der Waals surface area contributed by atoms with Gasteiger partial charge in [-0.15, -0.1) is 0 Å². The van der Waals surface area contributed by atoms with E-state index in [9.17, 15) is 43.5 Å². The second-order valence-electron chi connectivity index (χ2n) is 18.2. The third-order valence-corrected chi connectivity index (χ3v) is 12.4. The molecule has 0 spiro atoms. The third kappa shape index (κ3) is 17.8. The van der Waals surface area contributed by atoms with Gasteiger partial charge >= 0.3 is 5.97 Å². The van der Waals surface area contributed by atoms with Crippen molar-refractivity contribution < 1.29 is 43.5 Å². The maximum Gasteiger partial charge on any atom is 0.305 e. The first-order valence-corrected chi connectivity index (χ1v) is 25.2. The van der Waals surface area contributed by atoms with Crippen molar-refractivity contribution in [1.29, 1.82) is 0 Å². The second-order valence-corrected chi connectivity index (χ2v) is 18.2. The monoisotopic (exact) mass is 1020 g/mol. The first-order valence-electron chi connectivity index (χ1n) is 25.2. The zero-order valence-electron chi connectivity index (χ0n) is 42.9. The normalized spacial score (nSPS) is 11.0. The summed E-state index contributed by atoms with van der Waals surface area (Å²) in [5.74, 6) is -4.88. The Labute approximate surface area is 431 Å². The number of amides is 7. The molecule has 7 amide bonds. The van der Waals surface area contributed by atoms with Gasteiger partial charge in [-0.1, -0.05) is 56.3 Å². The minimum atomic E-state index is -1.21. The average Bonchev–Trinajstić information content (AvgIpc) is 4.01. The number of nitrogens with one attached hydrogen (secondary N) is 4. The number of benzene rings is 2. The number of aromatic nitrogens is 3. The van der Waals surface area contributed by atoms with E-state index in [4.69, 9.17) is 5.73 Å². The maximum atomic E-state index is 14.4. The van der Waals surface area contributed by atoms with Crippen molar-refractivity contribution in [3.05, 3.63) is 102 Å². The van der Waals surface area contributed by atoms with E-state index in [-0.39, 0.29) is 58.3 Å². The van der Waals surface area contributed by atoms with Gasteiger partial charge in [-0.25, -0.2) is 0 Å². The molecule has 0 atom stereocenters. The van der Waals surface area contributed by atoms with Gasteiger partial charge in [0.1, 0.15) is 6.54 Å². The molecule has 21 heteroatoms. The molecule has 0 aliphatic carbocycles. The van der Waals surface area contributed by atoms with Gasteiger partial charge < -0.3 is 60.8 Å². The Hall–Kier alpha value is -7.65. The minimum absolute atomic E-state index is 0.0172. The highest BCUT2D eigenvalue weighted by Gasteiger charge is 2.29. The molecule has 0 saturated carbocycles. The van der Waals surface area contributed by atoms with Crippen LogP contribution in [-0.2, 0) is 57.7 Å². The molecule has 0 radical (unpaired) electrons. The highest BCUT2D eigenvalue weighted by molar-refractivity contribution is 5.93. The SMILES string of the molecule is CCCNC(=O)CN(CCc1c[nH]c2ccccc12)C(=O)CN(CCC)C(=O)CN(CCc1c[nH]c2ccccc12)C(=O)CN(C)C(=O)CN(CCC(=O)O)C(=O)CN(Cc1cccnc1)C(=O)CNCCCN. The van der Waals surface area contributed by atoms with Gasteiger partial charge in [0.2, 0.25) is 41.4 Å². The summed E-state index contributed by atoms with van der Waals surface area (Å²) < 4.78 is 0. The molecular formula is C53H72N12O9. The topological polar surface area (TPSA) is 271 Å². The largest absolute Gasteiger partial charge is 0.481 e. The molecule has 398 valence electrons. The highest BCUT2D eigenvalue weighted by atomic mass is 16.4. The fourth-order valence-corrected chi connectivity index (χ4v) is 8.29. The fraction of sp³-hybridized carbons (Fsp3) is 0.453. The molecular weight excluding hydrogens is 949 g/mol. The number of carboxylic acid groups (broad SMARTS) is 1. The number of fused-ring (bicyclic) bond motifs is 2. The van der Waals surface area contributed by atoms with Crippen LogP contribution in [0.25, 0.3) is 21.8 Å². The number of nitrogens with two attached hydrogens (primary N) is 1. The van der Waals surface area contributed by atoms with Crippen molar-refractivity contribution in [3.8, 4) is 0 Å². The predicted molar refractivity (Wildman–Crippen MR) is 280 cm³/mol. The van der Waals surface area contributed by atoms with E-state index in [0.717, 1.165) is 42.7 Å². The summed E-state index contributed by atoms with van der Waals surface area (Å²) in [6.07, 6.45) is 8.96. The lowest BCUT2D eigenvalue weighted by Crippen LogP contribution is -2.52. The van der Waals surface area contributed by atoms with E-state index < -0.39 is 74.0 Å². The van der Waals surface area contributed by atoms with E-state index >= 15 is 0 Å². The smallest absolute Gasteiger partial charge is 0.305 e. The summed E-state index contributed by atoms with van der Waals surface area (Å²) >= 11 is 0. The Morgan fingerprint density at radius 1 is 0.608 bits per heavy atom. The summed E-state index contributed by atoms with van der Waals surface area (Å²) in [7, 11) is 1.37. The van der Waals surface area contributed by atoms with Crippen LogP contribution in [0, 0.1) is 0 Å². The van der Waals surface area contributed by atoms with E-state index in [1.54, 1.807) is 24.5 Å². The number of hydrogen-bond donors (Lipinski definition) is 6. The van der Waals surface area contributed by atoms with Gasteiger partial charge in [-0.05, 0) is 80.1 Å². The fourth-order valence-electron chi connectivity index (χ4n) is 8.29. The maximum absolute atomic E-state index is 14.4. The summed E-state index contributed by atoms with van der Waals surface area (Å²) in [6, 6.07) is 18.9. The second kappa shape index (κ2) is 29.8. The van der Waals surface area contributed by atoms with Crippen LogP contribution in [0.4, 0.5) is 0 Å². The van der Waals surface area contributed by atoms with Crippen LogP contribution in [0.3, 0.4) is 0 Å². The van der Waals surface area contributed by atoms with Crippen molar-refractivity contribution in [2.24, 2.45) is 5.73 Å². The van der Waals surface area contributed by atoms with Crippen molar-refractivity contribution >= 4 is 69.1 Å². The average molecular weight is 1020 g/mol. The molecule has 5 rings (SSSR count). The molecule has 0 unspecified atom stereocenters. The predicted octanol–water partition coefficient (Wildman–Crippen LogP) is 1.98. The lowest BCUT2D eigenvalue weighted by atomic mass is 10.1. The van der Waals surface area contributed by atoms with Gasteiger partial charge in [0.25, 0.3) is 0 Å². The number of carbonyl (C=O) groups is 8. The Kier molecular flexibility index (Phi) is 23.0. The molecule has 2 aromatic carbocycles. The number of carboxylic acids is 1. The molecule has 7 N–H and O–H groups in total. The van der Waals surface area contributed by atoms with E-state index in [2.05, 4.69) is 25.6 Å². The van der Waals surface area contributed by atoms with Crippen LogP contribution in [0.15, 0.2) is 85.5 Å². The number of likely N-dealkylation sites (N-methyl/N-ethyl adjacent to an activating group) is 1. The number of pyridine rings is 1. The van der Waals surface area contributed by atoms with Crippen molar-refractivity contribution in [3.63, 3.8) is 0 Å². The Balaban J connectivity index is 1.32. The lowest BCUT2D eigenvalue weighted by Gasteiger charge is -2.31. The van der Waals surface area contributed by atoms with Crippen LogP contribution in [0.5, 0.6) is 0 Å². The summed E-state index contributed by atoms with van der Waals surface area (Å²) in [6.45, 7) is 2.55. The van der Waals surface area contributed by atoms with Crippen LogP contribution in [0.2, 0.25) is 0 Å². The minimum Gasteiger partial charge on any atom is -0.481 e. The number of aromatic amines is 2. The van der Waals surface area contributed by atoms with Gasteiger partial charge in [-0.2, -0.15) is 0 Å².